The molecule has 0 N–H and O–H groups in total. The van der Waals surface area contributed by atoms with E-state index in [1.807, 2.05) is 4.90 Å². The first-order valence-electron chi connectivity index (χ1n) is 10.2. The number of rotatable bonds is 6. The zero-order valence-electron chi connectivity index (χ0n) is 16.8. The molecule has 2 heterocycles. The summed E-state index contributed by atoms with van der Waals surface area (Å²) in [5, 5.41) is 0. The normalized spacial score (nSPS) is 18.9. The zero-order valence-corrected chi connectivity index (χ0v) is 16.8. The maximum absolute atomic E-state index is 13.0. The fourth-order valence-electron chi connectivity index (χ4n) is 3.80. The van der Waals surface area contributed by atoms with Crippen LogP contribution in [0.1, 0.15) is 24.8 Å². The number of likely N-dealkylation sites (N-methyl/N-ethyl adjacent to an activating group) is 1. The van der Waals surface area contributed by atoms with Gasteiger partial charge in [0, 0.05) is 52.9 Å². The Hall–Kier alpha value is -1.99. The van der Waals surface area contributed by atoms with E-state index in [1.54, 1.807) is 24.1 Å². The summed E-state index contributed by atoms with van der Waals surface area (Å²) in [7, 11) is 1.78. The number of hydrogen-bond donors (Lipinski definition) is 0. The highest BCUT2D eigenvalue weighted by Crippen LogP contribution is 2.11. The molecule has 154 valence electrons. The lowest BCUT2D eigenvalue weighted by Crippen LogP contribution is -2.52. The van der Waals surface area contributed by atoms with E-state index in [-0.39, 0.29) is 17.6 Å². The molecule has 0 spiro atoms. The van der Waals surface area contributed by atoms with Crippen molar-refractivity contribution in [2.45, 2.75) is 25.8 Å². The van der Waals surface area contributed by atoms with Crippen molar-refractivity contribution < 1.29 is 14.0 Å². The first kappa shape index (κ1) is 20.7. The van der Waals surface area contributed by atoms with Crippen LogP contribution in [0.2, 0.25) is 0 Å². The summed E-state index contributed by atoms with van der Waals surface area (Å²) < 4.78 is 13.0. The molecule has 2 amide bonds. The zero-order chi connectivity index (χ0) is 19.9. The highest BCUT2D eigenvalue weighted by molar-refractivity contribution is 5.78. The number of nitrogens with zero attached hydrogens (tertiary/aromatic N) is 4. The summed E-state index contributed by atoms with van der Waals surface area (Å²) in [6.07, 6.45) is 3.46. The third kappa shape index (κ3) is 6.01. The van der Waals surface area contributed by atoms with Crippen molar-refractivity contribution in [3.8, 4) is 0 Å². The number of carbonyl (C=O) groups is 2. The number of likely N-dealkylation sites (tertiary alicyclic amines) is 1. The molecule has 0 radical (unpaired) electrons. The monoisotopic (exact) mass is 390 g/mol. The molecule has 0 atom stereocenters. The molecular weight excluding hydrogens is 359 g/mol. The maximum atomic E-state index is 13.0. The molecule has 0 aromatic heterocycles. The summed E-state index contributed by atoms with van der Waals surface area (Å²) in [6.45, 7) is 6.36. The molecule has 3 rings (SSSR count). The Balaban J connectivity index is 1.37. The lowest BCUT2D eigenvalue weighted by molar-refractivity contribution is -0.135. The Morgan fingerprint density at radius 2 is 1.46 bits per heavy atom. The van der Waals surface area contributed by atoms with Crippen molar-refractivity contribution >= 4 is 11.8 Å². The molecular formula is C21H31FN4O2. The van der Waals surface area contributed by atoms with Gasteiger partial charge < -0.3 is 9.80 Å². The fraction of sp³-hybridized carbons (Fsp3) is 0.619. The van der Waals surface area contributed by atoms with E-state index in [2.05, 4.69) is 9.80 Å². The molecule has 28 heavy (non-hydrogen) atoms. The van der Waals surface area contributed by atoms with E-state index in [0.717, 1.165) is 57.7 Å². The Labute approximate surface area is 166 Å². The van der Waals surface area contributed by atoms with Crippen LogP contribution >= 0.6 is 0 Å². The van der Waals surface area contributed by atoms with Crippen molar-refractivity contribution in [2.24, 2.45) is 0 Å². The van der Waals surface area contributed by atoms with Crippen LogP contribution in [0.3, 0.4) is 0 Å². The van der Waals surface area contributed by atoms with Gasteiger partial charge in [0.2, 0.25) is 11.8 Å². The number of piperazine rings is 1. The minimum absolute atomic E-state index is 0.0576. The van der Waals surface area contributed by atoms with Crippen LogP contribution in [0, 0.1) is 5.82 Å². The van der Waals surface area contributed by atoms with Crippen LogP contribution in [0.4, 0.5) is 4.39 Å². The van der Waals surface area contributed by atoms with Crippen molar-refractivity contribution in [3.05, 3.63) is 35.6 Å². The fourth-order valence-corrected chi connectivity index (χ4v) is 3.80. The van der Waals surface area contributed by atoms with E-state index in [0.29, 0.717) is 19.6 Å². The van der Waals surface area contributed by atoms with E-state index in [4.69, 9.17) is 0 Å². The van der Waals surface area contributed by atoms with Gasteiger partial charge in [0.05, 0.1) is 13.1 Å². The van der Waals surface area contributed by atoms with Gasteiger partial charge in [-0.1, -0.05) is 12.1 Å². The molecule has 0 bridgehead atoms. The number of piperidine rings is 1. The molecule has 2 aliphatic heterocycles. The van der Waals surface area contributed by atoms with Crippen molar-refractivity contribution in [3.63, 3.8) is 0 Å². The SMILES string of the molecule is CN(Cc1ccc(F)cc1)C(=O)CN1CCN(CC(=O)N2CCCCC2)CC1. The topological polar surface area (TPSA) is 47.1 Å². The van der Waals surface area contributed by atoms with Gasteiger partial charge in [0.25, 0.3) is 0 Å². The lowest BCUT2D eigenvalue weighted by Gasteiger charge is -2.36. The predicted octanol–water partition coefficient (Wildman–Crippen LogP) is 1.41. The smallest absolute Gasteiger partial charge is 0.236 e. The quantitative estimate of drug-likeness (QED) is 0.737. The lowest BCUT2D eigenvalue weighted by atomic mass is 10.1. The van der Waals surface area contributed by atoms with Gasteiger partial charge in [-0.25, -0.2) is 4.39 Å². The molecule has 1 aromatic carbocycles. The van der Waals surface area contributed by atoms with Crippen molar-refractivity contribution in [2.75, 3.05) is 59.4 Å². The maximum Gasteiger partial charge on any atom is 0.236 e. The summed E-state index contributed by atoms with van der Waals surface area (Å²) in [5.74, 6) is 0.0276. The van der Waals surface area contributed by atoms with Crippen molar-refractivity contribution in [1.29, 1.82) is 0 Å². The van der Waals surface area contributed by atoms with Crippen LogP contribution in [-0.2, 0) is 16.1 Å². The second-order valence-electron chi connectivity index (χ2n) is 7.87. The van der Waals surface area contributed by atoms with Crippen LogP contribution in [0.15, 0.2) is 24.3 Å². The second kappa shape index (κ2) is 9.98. The van der Waals surface area contributed by atoms with Crippen molar-refractivity contribution in [1.82, 2.24) is 19.6 Å². The average molecular weight is 391 g/mol. The molecule has 7 heteroatoms. The summed E-state index contributed by atoms with van der Waals surface area (Å²) in [4.78, 5) is 32.9. The molecule has 1 aromatic rings. The van der Waals surface area contributed by atoms with E-state index in [1.165, 1.54) is 18.6 Å². The Kier molecular flexibility index (Phi) is 7.39. The van der Waals surface area contributed by atoms with Gasteiger partial charge in [-0.15, -0.1) is 0 Å². The number of carbonyl (C=O) groups excluding carboxylic acids is 2. The number of hydrogen-bond acceptors (Lipinski definition) is 4. The molecule has 2 fully saturated rings. The molecule has 2 aliphatic rings. The number of halogens is 1. The minimum atomic E-state index is -0.269. The van der Waals surface area contributed by atoms with Crippen LogP contribution < -0.4 is 0 Å². The van der Waals surface area contributed by atoms with Gasteiger partial charge in [-0.05, 0) is 37.0 Å². The largest absolute Gasteiger partial charge is 0.342 e. The summed E-state index contributed by atoms with van der Waals surface area (Å²) >= 11 is 0. The van der Waals surface area contributed by atoms with Gasteiger partial charge in [-0.3, -0.25) is 19.4 Å². The minimum Gasteiger partial charge on any atom is -0.342 e. The summed E-state index contributed by atoms with van der Waals surface area (Å²) in [5.41, 5.74) is 0.915. The Bertz CT molecular complexity index is 653. The average Bonchev–Trinajstić information content (AvgIpc) is 2.71. The van der Waals surface area contributed by atoms with Gasteiger partial charge in [0.15, 0.2) is 0 Å². The third-order valence-corrected chi connectivity index (χ3v) is 5.65. The van der Waals surface area contributed by atoms with E-state index >= 15 is 0 Å². The van der Waals surface area contributed by atoms with E-state index < -0.39 is 0 Å². The second-order valence-corrected chi connectivity index (χ2v) is 7.87. The highest BCUT2D eigenvalue weighted by atomic mass is 19.1. The molecule has 0 unspecified atom stereocenters. The van der Waals surface area contributed by atoms with Crippen LogP contribution in [0.5, 0.6) is 0 Å². The van der Waals surface area contributed by atoms with Gasteiger partial charge in [0.1, 0.15) is 5.82 Å². The van der Waals surface area contributed by atoms with Crippen LogP contribution in [0.25, 0.3) is 0 Å². The first-order valence-corrected chi connectivity index (χ1v) is 10.2. The van der Waals surface area contributed by atoms with E-state index in [9.17, 15) is 14.0 Å². The Morgan fingerprint density at radius 3 is 2.07 bits per heavy atom. The molecule has 0 aliphatic carbocycles. The molecule has 2 saturated heterocycles. The number of amides is 2. The molecule has 6 nitrogen and oxygen atoms in total. The standard InChI is InChI=1S/C21H31FN4O2/c1-23(15-18-5-7-19(22)8-6-18)20(27)16-24-11-13-25(14-12-24)17-21(28)26-9-3-2-4-10-26/h5-8H,2-4,9-17H2,1H3. The third-order valence-electron chi connectivity index (χ3n) is 5.65. The first-order chi connectivity index (χ1) is 13.5. The number of benzene rings is 1. The van der Waals surface area contributed by atoms with Gasteiger partial charge in [-0.2, -0.15) is 0 Å². The summed E-state index contributed by atoms with van der Waals surface area (Å²) in [6, 6.07) is 6.24. The predicted molar refractivity (Wildman–Crippen MR) is 106 cm³/mol. The van der Waals surface area contributed by atoms with Crippen LogP contribution in [-0.4, -0.2) is 90.8 Å². The highest BCUT2D eigenvalue weighted by Gasteiger charge is 2.24. The molecule has 0 saturated carbocycles. The Morgan fingerprint density at radius 1 is 0.893 bits per heavy atom. The van der Waals surface area contributed by atoms with Gasteiger partial charge >= 0.3 is 0 Å².